The predicted octanol–water partition coefficient (Wildman–Crippen LogP) is 40.5. The quantitative estimate of drug-likeness (QED) is 0.119. The number of anilines is 12. The fraction of sp³-hybridized carbons (Fsp3) is 0.129. The minimum Gasteiger partial charge on any atom is -0.453 e. The Morgan fingerprint density at radius 2 is 0.460 bits per heavy atom. The minimum absolute atomic E-state index is 0.234. The monoisotopic (exact) mass is 1930 g/mol. The Morgan fingerprint density at radius 1 is 0.227 bits per heavy atom. The second kappa shape index (κ2) is 30.3. The Hall–Kier alpha value is -18.2. The molecule has 0 spiro atoms. The number of nitriles is 1. The first-order chi connectivity index (χ1) is 73.0. The van der Waals surface area contributed by atoms with E-state index in [1.165, 1.54) is 99.0 Å². The third-order valence-corrected chi connectivity index (χ3v) is 35.1. The van der Waals surface area contributed by atoms with Crippen molar-refractivity contribution in [2.75, 3.05) is 19.6 Å². The highest BCUT2D eigenvalue weighted by atomic mass is 16.3. The third kappa shape index (κ3) is 11.2. The lowest BCUT2D eigenvalue weighted by Gasteiger charge is -2.43. The van der Waals surface area contributed by atoms with Gasteiger partial charge in [-0.3, -0.25) is 0 Å². The molecule has 150 heavy (non-hydrogen) atoms. The fourth-order valence-electron chi connectivity index (χ4n) is 27.8. The normalized spacial score (nSPS) is 14.8. The summed E-state index contributed by atoms with van der Waals surface area (Å²) >= 11 is 0. The van der Waals surface area contributed by atoms with Crippen LogP contribution in [0.3, 0.4) is 0 Å². The highest BCUT2D eigenvalue weighted by molar-refractivity contribution is 6.35. The minimum atomic E-state index is -0.396. The summed E-state index contributed by atoms with van der Waals surface area (Å²) < 4.78 is 29.1. The van der Waals surface area contributed by atoms with Crippen molar-refractivity contribution in [1.29, 1.82) is 5.26 Å². The maximum absolute atomic E-state index is 11.3. The van der Waals surface area contributed by atoms with Gasteiger partial charge >= 0.3 is 0 Å². The highest BCUT2D eigenvalue weighted by Gasteiger charge is 2.47. The Bertz CT molecular complexity index is 10400. The molecule has 0 saturated carbocycles. The first kappa shape index (κ1) is 86.1. The number of hydrogen-bond acceptors (Lipinski definition) is 9. The molecule has 24 aromatic carbocycles. The SMILES string of the molecule is CC(C)c1cc(N2c3ccccc3C(C)(C)c3ccc4c(oc5c6ccccc6ccc45)c32)c2ccc3c(C(C)C)cc(N4c5ccccc5C(C)(C)c5ccc6c(oc7c8ccccc8ccc67)c54)c4ccc1c2c34.[C-]#[N+]c1cc(N2c3ccccc3C(C)(C)c3ccc4c(oc5c6ccccc6ccc45)c32)c2ccc3c(C#N)cc(N4c5ccccc5C(C)(C)c5ccc6c(oc7c8ccccc8ccc67)c54)c4ccc1c2c34. The van der Waals surface area contributed by atoms with Gasteiger partial charge in [0.25, 0.3) is 0 Å². The molecule has 0 fully saturated rings. The van der Waals surface area contributed by atoms with E-state index in [1.807, 2.05) is 0 Å². The molecule has 0 atom stereocenters. The summed E-state index contributed by atoms with van der Waals surface area (Å²) in [5, 5.41) is 42.1. The van der Waals surface area contributed by atoms with Crippen LogP contribution in [0, 0.1) is 17.9 Å². The summed E-state index contributed by atoms with van der Waals surface area (Å²) in [5.74, 6) is 0.467. The zero-order chi connectivity index (χ0) is 101. The van der Waals surface area contributed by atoms with Crippen LogP contribution < -0.4 is 19.6 Å². The number of hydrogen-bond donors (Lipinski definition) is 0. The van der Waals surface area contributed by atoms with E-state index >= 15 is 0 Å². The first-order valence-electron chi connectivity index (χ1n) is 52.5. The molecule has 0 unspecified atom stereocenters. The van der Waals surface area contributed by atoms with Gasteiger partial charge in [-0.2, -0.15) is 5.26 Å². The van der Waals surface area contributed by atoms with Crippen LogP contribution in [0.5, 0.6) is 0 Å². The lowest BCUT2D eigenvalue weighted by Crippen LogP contribution is -2.31. The van der Waals surface area contributed by atoms with Gasteiger partial charge in [0.05, 0.1) is 80.8 Å². The van der Waals surface area contributed by atoms with Crippen LogP contribution in [0.4, 0.5) is 73.9 Å². The van der Waals surface area contributed by atoms with Crippen molar-refractivity contribution in [3.63, 3.8) is 0 Å². The molecule has 8 heterocycles. The standard InChI is InChI=1S/C72H56N2O2.C68H42N4O2/c1-39(2)53-37-61(73-59-23-15-13-21-55(59)71(5,6)57-35-33-49-47-27-25-41-17-9-11-19-43(41)67(47)75-69(49)65(57)73)51-32-30-46-54(40(3)4)38-62(52-31-29-45(53)63(51)64(46)52)74-60-24-16-14-22-56(60)72(7,8)58-36-34-50-48-28-26-42-18-10-12-20-44(42)68(48)76-70(50)66(58)74;1-67(2)50-18-10-12-20-55(50)71(61-52(67)32-30-45-43-24-22-37-14-6-8-16-41(37)63(43)73-65(45)61)57-34-39(36-69)40-26-28-49-58(35-54(70-5)47-27-29-48(57)59(40)60(47)49)72-56-21-13-11-19-51(56)68(3,4)53-33-31-46-44-25-23-38-15-7-9-17-42(38)64(44)74-66(46)62(53)72/h9-40H,1-8H3;6-35H,1-4H3. The molecule has 0 N–H and O–H groups in total. The maximum atomic E-state index is 11.3. The van der Waals surface area contributed by atoms with Crippen molar-refractivity contribution in [3.05, 3.63) is 437 Å². The van der Waals surface area contributed by atoms with E-state index in [0.717, 1.165) is 220 Å². The number of para-hydroxylation sites is 4. The molecule has 4 aromatic heterocycles. The van der Waals surface area contributed by atoms with Crippen LogP contribution in [0.2, 0.25) is 0 Å². The Morgan fingerprint density at radius 3 is 0.760 bits per heavy atom. The molecule has 10 nitrogen and oxygen atoms in total. The number of nitrogens with zero attached hydrogens (tertiary/aromatic N) is 6. The lowest BCUT2D eigenvalue weighted by atomic mass is 9.73. The molecular weight excluding hydrogens is 1830 g/mol. The molecule has 28 aromatic rings. The van der Waals surface area contributed by atoms with Gasteiger partial charge in [0.2, 0.25) is 0 Å². The van der Waals surface area contributed by atoms with E-state index < -0.39 is 10.8 Å². The second-order valence-corrected chi connectivity index (χ2v) is 44.8. The van der Waals surface area contributed by atoms with Gasteiger partial charge in [-0.25, -0.2) is 4.85 Å². The van der Waals surface area contributed by atoms with E-state index in [2.05, 4.69) is 478 Å². The van der Waals surface area contributed by atoms with Crippen LogP contribution in [-0.2, 0) is 21.7 Å². The van der Waals surface area contributed by atoms with Gasteiger partial charge in [-0.15, -0.1) is 0 Å². The average molecular weight is 1930 g/mol. The Balaban J connectivity index is 0.000000135. The molecule has 10 heteroatoms. The molecular formula is C140H98N6O4. The number of fused-ring (bicyclic) bond motifs is 32. The van der Waals surface area contributed by atoms with Gasteiger partial charge in [-0.05, 0) is 200 Å². The molecule has 4 aliphatic rings. The molecule has 0 amide bonds. The average Bonchev–Trinajstić information content (AvgIpc) is 0.864. The summed E-state index contributed by atoms with van der Waals surface area (Å²) in [6.07, 6.45) is 0. The van der Waals surface area contributed by atoms with E-state index in [9.17, 15) is 5.26 Å². The van der Waals surface area contributed by atoms with Crippen LogP contribution >= 0.6 is 0 Å². The highest BCUT2D eigenvalue weighted by Crippen LogP contribution is 2.66. The molecule has 0 saturated heterocycles. The van der Waals surface area contributed by atoms with Crippen LogP contribution in [0.1, 0.15) is 156 Å². The number of furan rings is 4. The van der Waals surface area contributed by atoms with E-state index in [4.69, 9.17) is 24.2 Å². The molecule has 0 aliphatic carbocycles. The van der Waals surface area contributed by atoms with Crippen LogP contribution in [-0.4, -0.2) is 0 Å². The van der Waals surface area contributed by atoms with Crippen LogP contribution in [0.15, 0.2) is 382 Å². The van der Waals surface area contributed by atoms with E-state index in [-0.39, 0.29) is 22.7 Å². The smallest absolute Gasteiger partial charge is 0.197 e. The second-order valence-electron chi connectivity index (χ2n) is 44.8. The Labute approximate surface area is 865 Å². The van der Waals surface area contributed by atoms with Crippen molar-refractivity contribution in [3.8, 4) is 6.07 Å². The summed E-state index contributed by atoms with van der Waals surface area (Å²) in [6, 6.07) is 136. The van der Waals surface area contributed by atoms with Crippen molar-refractivity contribution in [2.24, 2.45) is 0 Å². The van der Waals surface area contributed by atoms with Crippen molar-refractivity contribution < 1.29 is 17.7 Å². The Kier molecular flexibility index (Phi) is 17.4. The van der Waals surface area contributed by atoms with Crippen molar-refractivity contribution in [1.82, 2.24) is 0 Å². The van der Waals surface area contributed by atoms with Gasteiger partial charge in [0.15, 0.2) is 28.0 Å². The summed E-state index contributed by atoms with van der Waals surface area (Å²) in [5.41, 5.74) is 31.6. The maximum Gasteiger partial charge on any atom is 0.197 e. The lowest BCUT2D eigenvalue weighted by molar-refractivity contribution is 0.624. The zero-order valence-corrected chi connectivity index (χ0v) is 85.1. The van der Waals surface area contributed by atoms with Crippen molar-refractivity contribution >= 4 is 269 Å². The molecule has 0 radical (unpaired) electrons. The van der Waals surface area contributed by atoms with Gasteiger partial charge in [0, 0.05) is 119 Å². The molecule has 712 valence electrons. The fourth-order valence-corrected chi connectivity index (χ4v) is 27.8. The zero-order valence-electron chi connectivity index (χ0n) is 85.1. The largest absolute Gasteiger partial charge is 0.453 e. The van der Waals surface area contributed by atoms with Gasteiger partial charge in [0.1, 0.15) is 22.3 Å². The van der Waals surface area contributed by atoms with Gasteiger partial charge in [-0.1, -0.05) is 374 Å². The summed E-state index contributed by atoms with van der Waals surface area (Å²) in [6.45, 7) is 37.0. The van der Waals surface area contributed by atoms with Gasteiger partial charge < -0.3 is 37.3 Å². The topological polar surface area (TPSA) is 93.7 Å². The molecule has 0 bridgehead atoms. The predicted molar refractivity (Wildman–Crippen MR) is 626 cm³/mol. The first-order valence-corrected chi connectivity index (χ1v) is 52.5. The van der Waals surface area contributed by atoms with E-state index in [0.29, 0.717) is 11.3 Å². The summed E-state index contributed by atoms with van der Waals surface area (Å²) in [7, 11) is 0. The van der Waals surface area contributed by atoms with Crippen LogP contribution in [0.25, 0.3) is 200 Å². The third-order valence-electron chi connectivity index (χ3n) is 35.1. The summed E-state index contributed by atoms with van der Waals surface area (Å²) in [4.78, 5) is 14.2. The van der Waals surface area contributed by atoms with E-state index in [1.54, 1.807) is 0 Å². The molecule has 32 rings (SSSR count). The molecule has 4 aliphatic heterocycles. The number of benzene rings is 24. The van der Waals surface area contributed by atoms with Crippen molar-refractivity contribution in [2.45, 2.75) is 117 Å². The number of rotatable bonds is 6.